The molecule has 0 fully saturated rings. The highest BCUT2D eigenvalue weighted by atomic mass is 16.5. The molecule has 0 aliphatic carbocycles. The highest BCUT2D eigenvalue weighted by Crippen LogP contribution is 2.22. The van der Waals surface area contributed by atoms with Crippen LogP contribution in [0.3, 0.4) is 0 Å². The quantitative estimate of drug-likeness (QED) is 0.487. The molecular formula is C10H15NO. The largest absolute Gasteiger partial charge is 0.633 e. The third-order valence-electron chi connectivity index (χ3n) is 2.21. The lowest BCUT2D eigenvalue weighted by molar-refractivity contribution is -0.870. The van der Waals surface area contributed by atoms with Gasteiger partial charge in [-0.15, -0.1) is 0 Å². The second-order valence-corrected chi connectivity index (χ2v) is 3.52. The number of hydroxylamine groups is 3. The zero-order valence-corrected chi connectivity index (χ0v) is 7.82. The second kappa shape index (κ2) is 3.25. The predicted molar refractivity (Wildman–Crippen MR) is 50.3 cm³/mol. The Kier molecular flexibility index (Phi) is 2.50. The molecule has 0 radical (unpaired) electrons. The van der Waals surface area contributed by atoms with Crippen molar-refractivity contribution in [2.75, 3.05) is 14.1 Å². The van der Waals surface area contributed by atoms with Crippen LogP contribution in [0, 0.1) is 5.21 Å². The first kappa shape index (κ1) is 9.23. The van der Waals surface area contributed by atoms with Gasteiger partial charge in [0, 0.05) is 5.56 Å². The molecule has 2 nitrogen and oxygen atoms in total. The number of quaternary nitrogens is 1. The predicted octanol–water partition coefficient (Wildman–Crippen LogP) is 2.32. The van der Waals surface area contributed by atoms with Gasteiger partial charge in [-0.3, -0.25) is 0 Å². The number of benzene rings is 1. The minimum absolute atomic E-state index is 0.00574. The van der Waals surface area contributed by atoms with Crippen molar-refractivity contribution >= 4 is 0 Å². The van der Waals surface area contributed by atoms with Crippen LogP contribution in [0.25, 0.3) is 0 Å². The van der Waals surface area contributed by atoms with Gasteiger partial charge in [-0.05, 0) is 6.92 Å². The van der Waals surface area contributed by atoms with Crippen LogP contribution >= 0.6 is 0 Å². The van der Waals surface area contributed by atoms with Gasteiger partial charge in [0.2, 0.25) is 0 Å². The smallest absolute Gasteiger partial charge is 0.111 e. The lowest BCUT2D eigenvalue weighted by Gasteiger charge is -2.40. The summed E-state index contributed by atoms with van der Waals surface area (Å²) < 4.78 is -0.274. The highest BCUT2D eigenvalue weighted by Gasteiger charge is 2.15. The van der Waals surface area contributed by atoms with Crippen LogP contribution in [0.4, 0.5) is 0 Å². The molecule has 66 valence electrons. The van der Waals surface area contributed by atoms with Crippen LogP contribution in [0.5, 0.6) is 0 Å². The van der Waals surface area contributed by atoms with E-state index < -0.39 is 0 Å². The summed E-state index contributed by atoms with van der Waals surface area (Å²) in [5.41, 5.74) is 1.09. The summed E-state index contributed by atoms with van der Waals surface area (Å²) in [6.45, 7) is 1.95. The number of hydrogen-bond donors (Lipinski definition) is 0. The van der Waals surface area contributed by atoms with E-state index in [4.69, 9.17) is 0 Å². The Hall–Kier alpha value is -0.860. The van der Waals surface area contributed by atoms with E-state index >= 15 is 0 Å². The van der Waals surface area contributed by atoms with Crippen molar-refractivity contribution in [1.82, 2.24) is 0 Å². The molecule has 0 bridgehead atoms. The maximum Gasteiger partial charge on any atom is 0.111 e. The standard InChI is InChI=1S/C10H15NO/c1-9(11(2,3)12)10-7-5-4-6-8-10/h4-9H,1-3H3. The molecule has 2 heteroatoms. The minimum atomic E-state index is -0.274. The summed E-state index contributed by atoms with van der Waals surface area (Å²) in [7, 11) is 3.33. The van der Waals surface area contributed by atoms with Crippen molar-refractivity contribution in [1.29, 1.82) is 0 Å². The fraction of sp³-hybridized carbons (Fsp3) is 0.400. The lowest BCUT2D eigenvalue weighted by Crippen LogP contribution is -2.35. The van der Waals surface area contributed by atoms with E-state index in [9.17, 15) is 5.21 Å². The summed E-state index contributed by atoms with van der Waals surface area (Å²) in [4.78, 5) is 0. The Balaban J connectivity index is 2.86. The first-order valence-corrected chi connectivity index (χ1v) is 4.11. The fourth-order valence-corrected chi connectivity index (χ4v) is 1.09. The van der Waals surface area contributed by atoms with Crippen LogP contribution in [-0.2, 0) is 0 Å². The summed E-state index contributed by atoms with van der Waals surface area (Å²) >= 11 is 0. The van der Waals surface area contributed by atoms with Crippen LogP contribution in [0.1, 0.15) is 18.5 Å². The van der Waals surface area contributed by atoms with Crippen LogP contribution in [0.2, 0.25) is 0 Å². The zero-order chi connectivity index (χ0) is 9.19. The number of nitrogens with zero attached hydrogens (tertiary/aromatic N) is 1. The van der Waals surface area contributed by atoms with Gasteiger partial charge >= 0.3 is 0 Å². The van der Waals surface area contributed by atoms with Crippen molar-refractivity contribution in [3.05, 3.63) is 41.1 Å². The SMILES string of the molecule is CC(c1ccccc1)[N+](C)(C)[O-]. The van der Waals surface area contributed by atoms with Gasteiger partial charge in [0.05, 0.1) is 14.1 Å². The Morgan fingerprint density at radius 3 is 2.08 bits per heavy atom. The molecule has 0 amide bonds. The third-order valence-corrected chi connectivity index (χ3v) is 2.21. The molecule has 12 heavy (non-hydrogen) atoms. The van der Waals surface area contributed by atoms with Crippen molar-refractivity contribution in [2.24, 2.45) is 0 Å². The van der Waals surface area contributed by atoms with E-state index in [-0.39, 0.29) is 10.7 Å². The summed E-state index contributed by atoms with van der Waals surface area (Å²) in [5.74, 6) is 0. The first-order chi connectivity index (χ1) is 5.52. The van der Waals surface area contributed by atoms with Gasteiger partial charge in [0.15, 0.2) is 0 Å². The monoisotopic (exact) mass is 165 g/mol. The fourth-order valence-electron chi connectivity index (χ4n) is 1.09. The summed E-state index contributed by atoms with van der Waals surface area (Å²) in [5, 5.41) is 11.5. The molecule has 0 aliphatic rings. The molecule has 0 aromatic heterocycles. The Labute approximate surface area is 73.6 Å². The van der Waals surface area contributed by atoms with Gasteiger partial charge in [-0.1, -0.05) is 30.3 Å². The van der Waals surface area contributed by atoms with Gasteiger partial charge in [-0.2, -0.15) is 0 Å². The van der Waals surface area contributed by atoms with E-state index in [1.807, 2.05) is 37.3 Å². The molecule has 0 saturated carbocycles. The Bertz CT molecular complexity index is 238. The normalized spacial score (nSPS) is 14.3. The molecule has 1 rings (SSSR count). The van der Waals surface area contributed by atoms with Crippen LogP contribution in [-0.4, -0.2) is 18.7 Å². The van der Waals surface area contributed by atoms with Crippen LogP contribution in [0.15, 0.2) is 30.3 Å². The lowest BCUT2D eigenvalue weighted by atomic mass is 10.1. The van der Waals surface area contributed by atoms with Crippen molar-refractivity contribution < 1.29 is 4.65 Å². The van der Waals surface area contributed by atoms with E-state index in [0.29, 0.717) is 0 Å². The topological polar surface area (TPSA) is 23.1 Å². The molecule has 0 aliphatic heterocycles. The molecule has 1 aromatic carbocycles. The zero-order valence-electron chi connectivity index (χ0n) is 7.82. The van der Waals surface area contributed by atoms with Gasteiger partial charge in [-0.25, -0.2) is 0 Å². The molecule has 0 heterocycles. The van der Waals surface area contributed by atoms with Gasteiger partial charge < -0.3 is 9.85 Å². The van der Waals surface area contributed by atoms with Crippen molar-refractivity contribution in [3.63, 3.8) is 0 Å². The van der Waals surface area contributed by atoms with Gasteiger partial charge in [0.1, 0.15) is 6.04 Å². The Morgan fingerprint density at radius 2 is 1.67 bits per heavy atom. The van der Waals surface area contributed by atoms with Crippen molar-refractivity contribution in [2.45, 2.75) is 13.0 Å². The first-order valence-electron chi connectivity index (χ1n) is 4.11. The molecule has 1 aromatic rings. The molecule has 0 spiro atoms. The van der Waals surface area contributed by atoms with E-state index in [2.05, 4.69) is 0 Å². The third kappa shape index (κ3) is 2.06. The maximum atomic E-state index is 11.5. The average Bonchev–Trinajstić information content (AvgIpc) is 2.03. The van der Waals surface area contributed by atoms with E-state index in [0.717, 1.165) is 5.56 Å². The second-order valence-electron chi connectivity index (χ2n) is 3.52. The molecular weight excluding hydrogens is 150 g/mol. The van der Waals surface area contributed by atoms with Crippen molar-refractivity contribution in [3.8, 4) is 0 Å². The van der Waals surface area contributed by atoms with E-state index in [1.54, 1.807) is 14.1 Å². The molecule has 0 N–H and O–H groups in total. The van der Waals surface area contributed by atoms with Crippen LogP contribution < -0.4 is 0 Å². The highest BCUT2D eigenvalue weighted by molar-refractivity contribution is 5.16. The number of hydrogen-bond acceptors (Lipinski definition) is 1. The Morgan fingerprint density at radius 1 is 1.17 bits per heavy atom. The molecule has 1 atom stereocenters. The summed E-state index contributed by atoms with van der Waals surface area (Å²) in [6.07, 6.45) is 0. The average molecular weight is 165 g/mol. The molecule has 0 saturated heterocycles. The number of rotatable bonds is 2. The molecule has 1 unspecified atom stereocenters. The van der Waals surface area contributed by atoms with Gasteiger partial charge in [0.25, 0.3) is 0 Å². The maximum absolute atomic E-state index is 11.5. The summed E-state index contributed by atoms with van der Waals surface area (Å²) in [6, 6.07) is 9.86. The van der Waals surface area contributed by atoms with E-state index in [1.165, 1.54) is 0 Å². The minimum Gasteiger partial charge on any atom is -0.633 e.